The average Bonchev–Trinajstić information content (AvgIpc) is 3.24. The first-order chi connectivity index (χ1) is 12.1. The number of rotatable bonds is 3. The smallest absolute Gasteiger partial charge is 0.261 e. The first-order valence-corrected chi connectivity index (χ1v) is 8.95. The molecule has 0 radical (unpaired) electrons. The van der Waals surface area contributed by atoms with Crippen molar-refractivity contribution in [2.45, 2.75) is 26.4 Å². The van der Waals surface area contributed by atoms with Crippen LogP contribution < -0.4 is 14.8 Å². The maximum Gasteiger partial charge on any atom is 0.261 e. The Bertz CT molecular complexity index is 846. The van der Waals surface area contributed by atoms with Crippen LogP contribution in [0.25, 0.3) is 0 Å². The normalized spacial score (nSPS) is 15.0. The van der Waals surface area contributed by atoms with Crippen molar-refractivity contribution in [2.75, 3.05) is 13.3 Å². The number of nitrogens with one attached hydrogen (secondary N) is 1. The average molecular weight is 358 g/mol. The van der Waals surface area contributed by atoms with E-state index in [9.17, 15) is 9.59 Å². The lowest BCUT2D eigenvalue weighted by molar-refractivity contribution is -0.129. The Hall–Kier alpha value is -2.54. The summed E-state index contributed by atoms with van der Waals surface area (Å²) in [7, 11) is 0. The zero-order valence-electron chi connectivity index (χ0n) is 13.8. The van der Waals surface area contributed by atoms with Gasteiger partial charge in [-0.2, -0.15) is 0 Å². The highest BCUT2D eigenvalue weighted by Crippen LogP contribution is 2.32. The lowest BCUT2D eigenvalue weighted by atomic mass is 10.1. The molecule has 0 atom stereocenters. The third kappa shape index (κ3) is 3.19. The van der Waals surface area contributed by atoms with E-state index in [0.717, 1.165) is 29.8 Å². The number of amides is 2. The summed E-state index contributed by atoms with van der Waals surface area (Å²) in [4.78, 5) is 27.7. The molecule has 2 amide bonds. The van der Waals surface area contributed by atoms with E-state index in [-0.39, 0.29) is 18.6 Å². The molecule has 0 aliphatic carbocycles. The zero-order chi connectivity index (χ0) is 17.4. The van der Waals surface area contributed by atoms with Crippen molar-refractivity contribution in [3.63, 3.8) is 0 Å². The molecular weight excluding hydrogens is 340 g/mol. The van der Waals surface area contributed by atoms with Gasteiger partial charge < -0.3 is 19.7 Å². The molecule has 2 aliphatic heterocycles. The second-order valence-electron chi connectivity index (χ2n) is 6.12. The van der Waals surface area contributed by atoms with Crippen LogP contribution in [0.3, 0.4) is 0 Å². The number of benzene rings is 1. The maximum absolute atomic E-state index is 12.4. The van der Waals surface area contributed by atoms with Crippen molar-refractivity contribution in [1.82, 2.24) is 10.2 Å². The molecule has 1 N–H and O–H groups in total. The molecule has 7 heteroatoms. The predicted octanol–water partition coefficient (Wildman–Crippen LogP) is 2.31. The van der Waals surface area contributed by atoms with Crippen molar-refractivity contribution in [1.29, 1.82) is 0 Å². The first kappa shape index (κ1) is 16.0. The third-order valence-electron chi connectivity index (χ3n) is 4.43. The topological polar surface area (TPSA) is 67.9 Å². The molecule has 0 saturated carbocycles. The Balaban J connectivity index is 1.41. The standard InChI is InChI=1S/C18H18N2O4S/c1-11(21)20-5-4-16-13(9-20)7-17(25-16)18(22)19-8-12-2-3-14-15(6-12)24-10-23-14/h2-3,6-7H,4-5,8-10H2,1H3,(H,19,22). The molecule has 25 heavy (non-hydrogen) atoms. The van der Waals surface area contributed by atoms with E-state index in [0.29, 0.717) is 23.7 Å². The summed E-state index contributed by atoms with van der Waals surface area (Å²) < 4.78 is 10.6. The molecule has 130 valence electrons. The fraction of sp³-hybridized carbons (Fsp3) is 0.333. The van der Waals surface area contributed by atoms with Crippen LogP contribution in [-0.2, 0) is 24.3 Å². The van der Waals surface area contributed by atoms with Crippen molar-refractivity contribution in [3.05, 3.63) is 45.1 Å². The molecular formula is C18H18N2O4S. The quantitative estimate of drug-likeness (QED) is 0.914. The van der Waals surface area contributed by atoms with Crippen LogP contribution in [0.15, 0.2) is 24.3 Å². The summed E-state index contributed by atoms with van der Waals surface area (Å²) in [6.07, 6.45) is 0.815. The summed E-state index contributed by atoms with van der Waals surface area (Å²) in [5.74, 6) is 1.43. The van der Waals surface area contributed by atoms with Crippen molar-refractivity contribution in [2.24, 2.45) is 0 Å². The molecule has 0 fully saturated rings. The van der Waals surface area contributed by atoms with Crippen molar-refractivity contribution < 1.29 is 19.1 Å². The number of hydrogen-bond donors (Lipinski definition) is 1. The van der Waals surface area contributed by atoms with Gasteiger partial charge in [-0.3, -0.25) is 9.59 Å². The fourth-order valence-corrected chi connectivity index (χ4v) is 4.11. The Morgan fingerprint density at radius 2 is 2.08 bits per heavy atom. The highest BCUT2D eigenvalue weighted by molar-refractivity contribution is 7.14. The van der Waals surface area contributed by atoms with E-state index in [1.54, 1.807) is 6.92 Å². The van der Waals surface area contributed by atoms with Gasteiger partial charge >= 0.3 is 0 Å². The van der Waals surface area contributed by atoms with Crippen LogP contribution in [-0.4, -0.2) is 30.1 Å². The van der Waals surface area contributed by atoms with E-state index < -0.39 is 0 Å². The van der Waals surface area contributed by atoms with Crippen molar-refractivity contribution in [3.8, 4) is 11.5 Å². The third-order valence-corrected chi connectivity index (χ3v) is 5.66. The SMILES string of the molecule is CC(=O)N1CCc2sc(C(=O)NCc3ccc4c(c3)OCO4)cc2C1. The fourth-order valence-electron chi connectivity index (χ4n) is 3.03. The Morgan fingerprint density at radius 1 is 1.24 bits per heavy atom. The lowest BCUT2D eigenvalue weighted by Crippen LogP contribution is -2.33. The number of carbonyl (C=O) groups excluding carboxylic acids is 2. The number of nitrogens with zero attached hydrogens (tertiary/aromatic N) is 1. The highest BCUT2D eigenvalue weighted by atomic mass is 32.1. The molecule has 0 unspecified atom stereocenters. The molecule has 0 saturated heterocycles. The predicted molar refractivity (Wildman–Crippen MR) is 92.8 cm³/mol. The van der Waals surface area contributed by atoms with Gasteiger partial charge in [0.05, 0.1) is 4.88 Å². The van der Waals surface area contributed by atoms with E-state index in [2.05, 4.69) is 5.32 Å². The summed E-state index contributed by atoms with van der Waals surface area (Å²) in [5, 5.41) is 2.94. The lowest BCUT2D eigenvalue weighted by Gasteiger charge is -2.25. The first-order valence-electron chi connectivity index (χ1n) is 8.14. The van der Waals surface area contributed by atoms with Gasteiger partial charge in [0, 0.05) is 31.4 Å². The maximum atomic E-state index is 12.4. The van der Waals surface area contributed by atoms with Crippen LogP contribution in [0, 0.1) is 0 Å². The number of thiophene rings is 1. The van der Waals surface area contributed by atoms with Gasteiger partial charge in [0.1, 0.15) is 0 Å². The van der Waals surface area contributed by atoms with E-state index >= 15 is 0 Å². The number of ether oxygens (including phenoxy) is 2. The Morgan fingerprint density at radius 3 is 2.92 bits per heavy atom. The summed E-state index contributed by atoms with van der Waals surface area (Å²) in [6, 6.07) is 7.55. The molecule has 1 aromatic carbocycles. The summed E-state index contributed by atoms with van der Waals surface area (Å²) in [5.41, 5.74) is 2.04. The summed E-state index contributed by atoms with van der Waals surface area (Å²) >= 11 is 1.52. The minimum atomic E-state index is -0.0913. The Kier molecular flexibility index (Phi) is 4.09. The van der Waals surface area contributed by atoms with Gasteiger partial charge in [-0.15, -0.1) is 11.3 Å². The van der Waals surface area contributed by atoms with Crippen LogP contribution in [0.4, 0.5) is 0 Å². The van der Waals surface area contributed by atoms with Crippen molar-refractivity contribution >= 4 is 23.2 Å². The van der Waals surface area contributed by atoms with Gasteiger partial charge in [-0.1, -0.05) is 6.07 Å². The molecule has 1 aromatic heterocycles. The van der Waals surface area contributed by atoms with Crippen LogP contribution in [0.1, 0.15) is 32.6 Å². The van der Waals surface area contributed by atoms with Crippen LogP contribution >= 0.6 is 11.3 Å². The molecule has 0 spiro atoms. The van der Waals surface area contributed by atoms with Gasteiger partial charge in [0.2, 0.25) is 12.7 Å². The van der Waals surface area contributed by atoms with Gasteiger partial charge in [0.25, 0.3) is 5.91 Å². The van der Waals surface area contributed by atoms with Crippen LogP contribution in [0.5, 0.6) is 11.5 Å². The van der Waals surface area contributed by atoms with Gasteiger partial charge in [-0.25, -0.2) is 0 Å². The zero-order valence-corrected chi connectivity index (χ0v) is 14.6. The largest absolute Gasteiger partial charge is 0.454 e. The number of fused-ring (bicyclic) bond motifs is 2. The number of carbonyl (C=O) groups is 2. The van der Waals surface area contributed by atoms with E-state index in [1.807, 2.05) is 29.2 Å². The Labute approximate surface area is 149 Å². The summed E-state index contributed by atoms with van der Waals surface area (Å²) in [6.45, 7) is 3.56. The molecule has 4 rings (SSSR count). The molecule has 3 heterocycles. The molecule has 2 aromatic rings. The number of hydrogen-bond acceptors (Lipinski definition) is 5. The molecule has 6 nitrogen and oxygen atoms in total. The van der Waals surface area contributed by atoms with E-state index in [4.69, 9.17) is 9.47 Å². The highest BCUT2D eigenvalue weighted by Gasteiger charge is 2.22. The minimum absolute atomic E-state index is 0.0747. The second kappa shape index (κ2) is 6.40. The monoisotopic (exact) mass is 358 g/mol. The van der Waals surface area contributed by atoms with E-state index in [1.165, 1.54) is 16.2 Å². The van der Waals surface area contributed by atoms with Gasteiger partial charge in [-0.05, 0) is 35.7 Å². The van der Waals surface area contributed by atoms with Crippen LogP contribution in [0.2, 0.25) is 0 Å². The van der Waals surface area contributed by atoms with Gasteiger partial charge in [0.15, 0.2) is 11.5 Å². The molecule has 2 aliphatic rings. The molecule has 0 bridgehead atoms. The minimum Gasteiger partial charge on any atom is -0.454 e. The second-order valence-corrected chi connectivity index (χ2v) is 7.26.